The smallest absolute Gasteiger partial charge is 0.161 e. The quantitative estimate of drug-likeness (QED) is 0.439. The first-order chi connectivity index (χ1) is 10.2. The first-order valence-corrected chi connectivity index (χ1v) is 7.69. The molecule has 0 radical (unpaired) electrons. The number of hydrogen-bond donors (Lipinski definition) is 0. The van der Waals surface area contributed by atoms with Crippen LogP contribution in [0.15, 0.2) is 53.4 Å². The van der Waals surface area contributed by atoms with Crippen LogP contribution in [0.1, 0.15) is 17.3 Å². The van der Waals surface area contributed by atoms with Crippen LogP contribution in [0.5, 0.6) is 11.5 Å². The number of para-hydroxylation sites is 2. The van der Waals surface area contributed by atoms with Crippen molar-refractivity contribution in [3.05, 3.63) is 54.1 Å². The Labute approximate surface area is 129 Å². The van der Waals surface area contributed by atoms with E-state index >= 15 is 0 Å². The van der Waals surface area contributed by atoms with Crippen molar-refractivity contribution in [2.45, 2.75) is 11.8 Å². The molecular weight excluding hydrogens is 284 g/mol. The summed E-state index contributed by atoms with van der Waals surface area (Å²) >= 11 is 1.67. The van der Waals surface area contributed by atoms with E-state index in [2.05, 4.69) is 0 Å². The van der Waals surface area contributed by atoms with Gasteiger partial charge in [-0.1, -0.05) is 24.3 Å². The Bertz CT molecular complexity index is 610. The molecule has 110 valence electrons. The average Bonchev–Trinajstić information content (AvgIpc) is 2.52. The van der Waals surface area contributed by atoms with Crippen LogP contribution in [0.2, 0.25) is 0 Å². The van der Waals surface area contributed by atoms with Crippen molar-refractivity contribution < 1.29 is 14.3 Å². The highest BCUT2D eigenvalue weighted by molar-refractivity contribution is 7.99. The van der Waals surface area contributed by atoms with Crippen LogP contribution in [0.4, 0.5) is 0 Å². The molecule has 0 aliphatic rings. The van der Waals surface area contributed by atoms with Gasteiger partial charge >= 0.3 is 0 Å². The predicted molar refractivity (Wildman–Crippen MR) is 85.7 cm³/mol. The molecule has 0 saturated carbocycles. The van der Waals surface area contributed by atoms with Gasteiger partial charge < -0.3 is 9.47 Å². The molecule has 0 aliphatic carbocycles. The number of methoxy groups -OCH3 is 1. The zero-order valence-electron chi connectivity index (χ0n) is 12.2. The minimum absolute atomic E-state index is 0.0859. The number of hydrogen-bond acceptors (Lipinski definition) is 4. The zero-order valence-corrected chi connectivity index (χ0v) is 13.0. The molecule has 0 aliphatic heterocycles. The molecule has 0 heterocycles. The number of thioether (sulfide) groups is 1. The van der Waals surface area contributed by atoms with E-state index in [4.69, 9.17) is 9.47 Å². The second-order valence-electron chi connectivity index (χ2n) is 4.43. The van der Waals surface area contributed by atoms with Crippen molar-refractivity contribution in [1.82, 2.24) is 0 Å². The molecule has 0 saturated heterocycles. The Morgan fingerprint density at radius 3 is 2.57 bits per heavy atom. The number of ketones is 1. The van der Waals surface area contributed by atoms with Crippen molar-refractivity contribution in [3.63, 3.8) is 0 Å². The molecule has 0 spiro atoms. The average molecular weight is 302 g/mol. The third-order valence-corrected chi connectivity index (χ3v) is 3.88. The van der Waals surface area contributed by atoms with E-state index in [-0.39, 0.29) is 5.78 Å². The van der Waals surface area contributed by atoms with Crippen molar-refractivity contribution >= 4 is 17.5 Å². The summed E-state index contributed by atoms with van der Waals surface area (Å²) in [7, 11) is 1.63. The highest BCUT2D eigenvalue weighted by Gasteiger charge is 2.03. The lowest BCUT2D eigenvalue weighted by Gasteiger charge is -2.10. The van der Waals surface area contributed by atoms with Gasteiger partial charge in [-0.05, 0) is 31.2 Å². The molecular formula is C17H18O3S. The topological polar surface area (TPSA) is 35.5 Å². The lowest BCUT2D eigenvalue weighted by Crippen LogP contribution is -2.01. The Morgan fingerprint density at radius 2 is 1.86 bits per heavy atom. The Balaban J connectivity index is 1.85. The van der Waals surface area contributed by atoms with E-state index in [0.717, 1.165) is 27.7 Å². The molecule has 0 aromatic heterocycles. The van der Waals surface area contributed by atoms with Crippen LogP contribution in [-0.4, -0.2) is 25.3 Å². The fraction of sp³-hybridized carbons (Fsp3) is 0.235. The molecule has 0 unspecified atom stereocenters. The number of Topliss-reactive ketones (excluding diaryl/α,β-unsaturated/α-hetero) is 1. The molecule has 0 atom stereocenters. The molecule has 4 heteroatoms. The van der Waals surface area contributed by atoms with Crippen molar-refractivity contribution in [2.75, 3.05) is 19.5 Å². The number of ether oxygens (including phenoxy) is 2. The number of carbonyl (C=O) groups is 1. The lowest BCUT2D eigenvalue weighted by atomic mass is 10.2. The summed E-state index contributed by atoms with van der Waals surface area (Å²) < 4.78 is 10.9. The fourth-order valence-electron chi connectivity index (χ4n) is 1.85. The van der Waals surface area contributed by atoms with Gasteiger partial charge in [-0.15, -0.1) is 11.8 Å². The first-order valence-electron chi connectivity index (χ1n) is 6.70. The van der Waals surface area contributed by atoms with Crippen LogP contribution in [0.3, 0.4) is 0 Å². The van der Waals surface area contributed by atoms with E-state index in [9.17, 15) is 4.79 Å². The van der Waals surface area contributed by atoms with Crippen LogP contribution < -0.4 is 9.47 Å². The number of carbonyl (C=O) groups excluding carboxylic acids is 1. The Kier molecular flexibility index (Phi) is 5.69. The minimum atomic E-state index is 0.0859. The predicted octanol–water partition coefficient (Wildman–Crippen LogP) is 4.07. The summed E-state index contributed by atoms with van der Waals surface area (Å²) in [4.78, 5) is 12.4. The summed E-state index contributed by atoms with van der Waals surface area (Å²) in [5, 5.41) is 0. The zero-order chi connectivity index (χ0) is 15.1. The molecule has 0 amide bonds. The maximum atomic E-state index is 11.3. The minimum Gasteiger partial charge on any atom is -0.493 e. The van der Waals surface area contributed by atoms with E-state index < -0.39 is 0 Å². The van der Waals surface area contributed by atoms with Gasteiger partial charge in [0.1, 0.15) is 0 Å². The van der Waals surface area contributed by atoms with Gasteiger partial charge in [0.2, 0.25) is 0 Å². The van der Waals surface area contributed by atoms with Gasteiger partial charge in [-0.3, -0.25) is 4.79 Å². The van der Waals surface area contributed by atoms with Crippen molar-refractivity contribution in [3.8, 4) is 11.5 Å². The molecule has 0 fully saturated rings. The monoisotopic (exact) mass is 302 g/mol. The maximum absolute atomic E-state index is 11.3. The van der Waals surface area contributed by atoms with Crippen LogP contribution in [-0.2, 0) is 0 Å². The third-order valence-electron chi connectivity index (χ3n) is 2.92. The first kappa shape index (κ1) is 15.4. The molecule has 0 N–H and O–H groups in total. The van der Waals surface area contributed by atoms with Crippen molar-refractivity contribution in [1.29, 1.82) is 0 Å². The van der Waals surface area contributed by atoms with E-state index in [1.165, 1.54) is 0 Å². The highest BCUT2D eigenvalue weighted by atomic mass is 32.2. The SMILES string of the molecule is COc1ccccc1OCCSc1cccc(C(C)=O)c1. The molecule has 21 heavy (non-hydrogen) atoms. The van der Waals surface area contributed by atoms with Gasteiger partial charge in [0.25, 0.3) is 0 Å². The third kappa shape index (κ3) is 4.53. The molecule has 2 aromatic carbocycles. The number of rotatable bonds is 7. The number of benzene rings is 2. The summed E-state index contributed by atoms with van der Waals surface area (Å²) in [6.07, 6.45) is 0. The summed E-state index contributed by atoms with van der Waals surface area (Å²) in [6.45, 7) is 2.16. The molecule has 0 bridgehead atoms. The normalized spacial score (nSPS) is 10.2. The Morgan fingerprint density at radius 1 is 1.10 bits per heavy atom. The van der Waals surface area contributed by atoms with Gasteiger partial charge in [0.05, 0.1) is 13.7 Å². The fourth-order valence-corrected chi connectivity index (χ4v) is 2.64. The van der Waals surface area contributed by atoms with E-state index in [1.54, 1.807) is 25.8 Å². The summed E-state index contributed by atoms with van der Waals surface area (Å²) in [6, 6.07) is 15.2. The lowest BCUT2D eigenvalue weighted by molar-refractivity contribution is 0.101. The van der Waals surface area contributed by atoms with Gasteiger partial charge in [-0.2, -0.15) is 0 Å². The van der Waals surface area contributed by atoms with E-state index in [1.807, 2.05) is 48.5 Å². The highest BCUT2D eigenvalue weighted by Crippen LogP contribution is 2.26. The van der Waals surface area contributed by atoms with Gasteiger partial charge in [0, 0.05) is 16.2 Å². The molecule has 2 aromatic rings. The van der Waals surface area contributed by atoms with E-state index in [0.29, 0.717) is 6.61 Å². The largest absolute Gasteiger partial charge is 0.493 e. The van der Waals surface area contributed by atoms with Crippen molar-refractivity contribution in [2.24, 2.45) is 0 Å². The second-order valence-corrected chi connectivity index (χ2v) is 5.60. The van der Waals surface area contributed by atoms with Gasteiger partial charge in [-0.25, -0.2) is 0 Å². The summed E-state index contributed by atoms with van der Waals surface area (Å²) in [5.74, 6) is 2.38. The standard InChI is InChI=1S/C17H18O3S/c1-13(18)14-6-5-7-15(12-14)21-11-10-20-17-9-4-3-8-16(17)19-2/h3-9,12H,10-11H2,1-2H3. The second kappa shape index (κ2) is 7.74. The molecule has 3 nitrogen and oxygen atoms in total. The van der Waals surface area contributed by atoms with Crippen LogP contribution in [0, 0.1) is 0 Å². The summed E-state index contributed by atoms with van der Waals surface area (Å²) in [5.41, 5.74) is 0.741. The Hall–Kier alpha value is -1.94. The molecule has 2 rings (SSSR count). The van der Waals surface area contributed by atoms with Crippen LogP contribution >= 0.6 is 11.8 Å². The van der Waals surface area contributed by atoms with Gasteiger partial charge in [0.15, 0.2) is 17.3 Å². The maximum Gasteiger partial charge on any atom is 0.161 e. The van der Waals surface area contributed by atoms with Crippen LogP contribution in [0.25, 0.3) is 0 Å².